The van der Waals surface area contributed by atoms with Gasteiger partial charge in [0.1, 0.15) is 23.5 Å². The van der Waals surface area contributed by atoms with E-state index in [0.29, 0.717) is 51.8 Å². The van der Waals surface area contributed by atoms with E-state index in [2.05, 4.69) is 66.5 Å². The van der Waals surface area contributed by atoms with Crippen LogP contribution >= 0.6 is 11.5 Å². The zero-order chi connectivity index (χ0) is 52.6. The van der Waals surface area contributed by atoms with Gasteiger partial charge in [-0.15, -0.1) is 10.2 Å². The summed E-state index contributed by atoms with van der Waals surface area (Å²) < 4.78 is 44.9. The number of esters is 1. The largest absolute Gasteiger partial charge is 0.498 e. The Morgan fingerprint density at radius 2 is 1.72 bits per heavy atom. The first kappa shape index (κ1) is 59.0. The van der Waals surface area contributed by atoms with E-state index in [1.54, 1.807) is 14.0 Å². The van der Waals surface area contributed by atoms with Crippen molar-refractivity contribution in [2.45, 2.75) is 213 Å². The van der Waals surface area contributed by atoms with E-state index >= 15 is 0 Å². The smallest absolute Gasteiger partial charge is 0.309 e. The number of cyclic esters (lactones) is 1. The third kappa shape index (κ3) is 15.3. The summed E-state index contributed by atoms with van der Waals surface area (Å²) in [5, 5.41) is 51.6. The van der Waals surface area contributed by atoms with Crippen molar-refractivity contribution in [3.63, 3.8) is 0 Å². The van der Waals surface area contributed by atoms with Gasteiger partial charge in [-0.1, -0.05) is 50.4 Å². The molecule has 5 heterocycles. The van der Waals surface area contributed by atoms with Crippen molar-refractivity contribution in [2.24, 2.45) is 29.6 Å². The second kappa shape index (κ2) is 25.6. The number of carbonyl (C=O) groups is 1. The number of aliphatic hydroxyl groups is 3. The minimum Gasteiger partial charge on any atom is -0.498 e. The van der Waals surface area contributed by atoms with Crippen LogP contribution in [-0.4, -0.2) is 168 Å². The molecule has 3 saturated heterocycles. The Balaban J connectivity index is 1.35. The molecule has 3 N–H and O–H groups in total. The Morgan fingerprint density at radius 1 is 1.00 bits per heavy atom. The molecule has 71 heavy (non-hydrogen) atoms. The monoisotopic (exact) mass is 1020 g/mol. The van der Waals surface area contributed by atoms with Gasteiger partial charge >= 0.3 is 5.97 Å². The highest BCUT2D eigenvalue weighted by atomic mass is 32.1. The summed E-state index contributed by atoms with van der Waals surface area (Å²) in [6.07, 6.45) is 5.54. The van der Waals surface area contributed by atoms with Crippen LogP contribution in [0.1, 0.15) is 140 Å². The molecule has 0 spiro atoms. The highest BCUT2D eigenvalue weighted by Gasteiger charge is 2.53. The quantitative estimate of drug-likeness (QED) is 0.0676. The van der Waals surface area contributed by atoms with Crippen molar-refractivity contribution in [3.8, 4) is 0 Å². The molecular weight excluding hydrogens is 927 g/mol. The third-order valence-electron chi connectivity index (χ3n) is 16.0. The number of likely N-dealkylation sites (N-methyl/N-ethyl adjacent to an activating group) is 2. The van der Waals surface area contributed by atoms with Crippen LogP contribution < -0.4 is 0 Å². The maximum atomic E-state index is 14.6. The molecule has 17 atom stereocenters. The molecule has 0 radical (unpaired) electrons. The van der Waals surface area contributed by atoms with Crippen molar-refractivity contribution in [2.75, 3.05) is 40.9 Å². The maximum absolute atomic E-state index is 14.6. The van der Waals surface area contributed by atoms with Gasteiger partial charge in [0.15, 0.2) is 6.29 Å². The molecule has 3 aliphatic heterocycles. The Morgan fingerprint density at radius 3 is 2.38 bits per heavy atom. The van der Waals surface area contributed by atoms with E-state index in [-0.39, 0.29) is 30.1 Å². The van der Waals surface area contributed by atoms with Crippen LogP contribution in [0.5, 0.6) is 0 Å². The van der Waals surface area contributed by atoms with Crippen molar-refractivity contribution in [1.82, 2.24) is 34.4 Å². The molecule has 3 fully saturated rings. The van der Waals surface area contributed by atoms with Gasteiger partial charge in [0.05, 0.1) is 59.6 Å². The second-order valence-corrected chi connectivity index (χ2v) is 23.1. The standard InChI is InChI=1S/C53H91N7O10S/c1-17-45-53(13,64)47(61)40(10)59(15)29-32(2)26-52(12,63)48(38(8)46(39(9)49(62)69-45)44-28-51(11,65-16)27-36(6)67-44)70-50-37(7)43(25-35(5)68-50)58(14)23-21-41-30-60(56-54-41)22-18-24-66-34(4)20-19-33(3)42-31-71-57-55-42/h19-20,30-32,35-40,43-48,50,61,63-64H,17-18,21-29H2,1-16H3/b33-19+,34-20+/t32-,35-,36+,37-,38+,39-,40-,43+,44-,45-,46?,47-,48-,50+,51+,52-,53-/m1/s1. The predicted molar refractivity (Wildman–Crippen MR) is 275 cm³/mol. The summed E-state index contributed by atoms with van der Waals surface area (Å²) in [7, 11) is 5.75. The number of aryl methyl sites for hydroxylation is 1. The summed E-state index contributed by atoms with van der Waals surface area (Å²) in [5.74, 6) is -1.62. The van der Waals surface area contributed by atoms with Crippen LogP contribution in [0.15, 0.2) is 29.5 Å². The van der Waals surface area contributed by atoms with E-state index in [4.69, 9.17) is 28.4 Å². The van der Waals surface area contributed by atoms with Crippen molar-refractivity contribution in [3.05, 3.63) is 40.9 Å². The van der Waals surface area contributed by atoms with Gasteiger partial charge in [-0.05, 0) is 124 Å². The van der Waals surface area contributed by atoms with Crippen LogP contribution in [0.25, 0.3) is 5.57 Å². The average molecular weight is 1020 g/mol. The Kier molecular flexibility index (Phi) is 21.2. The molecule has 2 aromatic rings. The lowest BCUT2D eigenvalue weighted by atomic mass is 9.68. The molecule has 5 rings (SSSR count). The molecule has 0 saturated carbocycles. The van der Waals surface area contributed by atoms with Gasteiger partial charge in [-0.2, -0.15) is 0 Å². The molecule has 0 aromatic carbocycles. The number of aliphatic hydroxyl groups excluding tert-OH is 1. The van der Waals surface area contributed by atoms with E-state index in [0.717, 1.165) is 42.1 Å². The van der Waals surface area contributed by atoms with Crippen LogP contribution in [0.2, 0.25) is 0 Å². The SMILES string of the molecule is CC[C@H]1OC(=O)[C@H](C)C([C@H]2C[C@@](C)(OC)C[C@H](C)O2)[C@H](C)[C@@H](O[C@@H]2O[C@H](C)C[C@H](N(C)CCc3cn(CCCO/C(C)=C/C=C(\C)c4csnn4)nn3)[C@H]2C)[C@](C)(O)C[C@@H](C)CN(C)[C@H](C)[C@@H](O)[C@]1(C)O. The number of methoxy groups -OCH3 is 1. The van der Waals surface area contributed by atoms with E-state index < -0.39 is 77.3 Å². The minimum atomic E-state index is -1.75. The molecular formula is C53H91N7O10S. The summed E-state index contributed by atoms with van der Waals surface area (Å²) in [6.45, 7) is 27.9. The van der Waals surface area contributed by atoms with Crippen molar-refractivity contribution >= 4 is 23.1 Å². The first-order valence-electron chi connectivity index (χ1n) is 26.2. The summed E-state index contributed by atoms with van der Waals surface area (Å²) >= 11 is 1.33. The highest BCUT2D eigenvalue weighted by Crippen LogP contribution is 2.45. The average Bonchev–Trinajstić information content (AvgIpc) is 4.02. The Bertz CT molecular complexity index is 2020. The zero-order valence-corrected chi connectivity index (χ0v) is 46.7. The van der Waals surface area contributed by atoms with Crippen LogP contribution in [0.3, 0.4) is 0 Å². The van der Waals surface area contributed by atoms with Gasteiger partial charge in [0, 0.05) is 87.9 Å². The van der Waals surface area contributed by atoms with Gasteiger partial charge < -0.3 is 53.5 Å². The summed E-state index contributed by atoms with van der Waals surface area (Å²) in [4.78, 5) is 19.0. The molecule has 0 bridgehead atoms. The number of nitrogens with zero attached hydrogens (tertiary/aromatic N) is 7. The van der Waals surface area contributed by atoms with Crippen molar-refractivity contribution in [1.29, 1.82) is 0 Å². The number of allylic oxidation sites excluding steroid dienone is 4. The van der Waals surface area contributed by atoms with E-state index in [9.17, 15) is 20.1 Å². The predicted octanol–water partition coefficient (Wildman–Crippen LogP) is 6.95. The number of carbonyl (C=O) groups excluding carboxylic acids is 1. The Labute approximate surface area is 429 Å². The highest BCUT2D eigenvalue weighted by molar-refractivity contribution is 7.03. The Hall–Kier alpha value is -2.91. The number of aromatic nitrogens is 5. The lowest BCUT2D eigenvalue weighted by Crippen LogP contribution is -2.59. The fourth-order valence-corrected chi connectivity index (χ4v) is 12.3. The molecule has 0 aliphatic carbocycles. The molecule has 1 unspecified atom stereocenters. The van der Waals surface area contributed by atoms with Gasteiger partial charge in [0.2, 0.25) is 0 Å². The molecule has 18 heteroatoms. The fourth-order valence-electron chi connectivity index (χ4n) is 11.8. The molecule has 404 valence electrons. The lowest BCUT2D eigenvalue weighted by Gasteiger charge is -2.51. The number of hydrogen-bond donors (Lipinski definition) is 3. The number of ether oxygens (including phenoxy) is 6. The number of rotatable bonds is 16. The fraction of sp³-hybridized carbons (Fsp3) is 0.830. The maximum Gasteiger partial charge on any atom is 0.309 e. The molecule has 0 amide bonds. The van der Waals surface area contributed by atoms with E-state index in [1.807, 2.05) is 88.8 Å². The lowest BCUT2D eigenvalue weighted by molar-refractivity contribution is -0.288. The van der Waals surface area contributed by atoms with Crippen molar-refractivity contribution < 1.29 is 48.5 Å². The number of hydrogen-bond acceptors (Lipinski definition) is 17. The van der Waals surface area contributed by atoms with Gasteiger partial charge in [-0.25, -0.2) is 0 Å². The topological polar surface area (TPSA) is 196 Å². The zero-order valence-electron chi connectivity index (χ0n) is 45.9. The van der Waals surface area contributed by atoms with Crippen LogP contribution in [0, 0.1) is 29.6 Å². The minimum absolute atomic E-state index is 0.0678. The third-order valence-corrected chi connectivity index (χ3v) is 16.5. The van der Waals surface area contributed by atoms with Crippen LogP contribution in [0.4, 0.5) is 0 Å². The first-order valence-corrected chi connectivity index (χ1v) is 27.0. The molecule has 3 aliphatic rings. The van der Waals surface area contributed by atoms with Crippen LogP contribution in [-0.2, 0) is 46.2 Å². The van der Waals surface area contributed by atoms with Gasteiger partial charge in [-0.3, -0.25) is 9.48 Å². The summed E-state index contributed by atoms with van der Waals surface area (Å²) in [5.41, 5.74) is -0.878. The normalized spacial score (nSPS) is 39.0. The molecule has 17 nitrogen and oxygen atoms in total. The van der Waals surface area contributed by atoms with Gasteiger partial charge in [0.25, 0.3) is 0 Å². The van der Waals surface area contributed by atoms with E-state index in [1.165, 1.54) is 11.5 Å². The second-order valence-electron chi connectivity index (χ2n) is 22.5. The first-order chi connectivity index (χ1) is 33.3. The summed E-state index contributed by atoms with van der Waals surface area (Å²) in [6, 6.07) is -0.413. The molecule has 2 aromatic heterocycles.